The fourth-order valence-electron chi connectivity index (χ4n) is 5.84. The van der Waals surface area contributed by atoms with E-state index >= 15 is 0 Å². The smallest absolute Gasteiger partial charge is 0.313 e. The highest BCUT2D eigenvalue weighted by Crippen LogP contribution is 2.44. The van der Waals surface area contributed by atoms with Crippen molar-refractivity contribution in [3.63, 3.8) is 0 Å². The number of hydrogen-bond acceptors (Lipinski definition) is 5. The molecule has 5 aromatic rings. The van der Waals surface area contributed by atoms with E-state index in [1.54, 1.807) is 7.11 Å². The Morgan fingerprint density at radius 1 is 0.630 bits per heavy atom. The molecule has 5 aromatic carbocycles. The number of carbonyl (C=O) groups excluding carboxylic acids is 1. The summed E-state index contributed by atoms with van der Waals surface area (Å²) in [5, 5.41) is 3.55. The number of nitrogens with one attached hydrogen (secondary N) is 1. The number of benzene rings is 5. The molecule has 0 bridgehead atoms. The Kier molecular flexibility index (Phi) is 10.9. The lowest BCUT2D eigenvalue weighted by atomic mass is 9.87. The molecule has 0 spiro atoms. The monoisotopic (exact) mass is 613 g/mol. The van der Waals surface area contributed by atoms with Gasteiger partial charge in [0.05, 0.1) is 18.2 Å². The van der Waals surface area contributed by atoms with Gasteiger partial charge in [0.1, 0.15) is 11.5 Å². The van der Waals surface area contributed by atoms with Crippen LogP contribution in [0.3, 0.4) is 0 Å². The second kappa shape index (κ2) is 15.4. The maximum atomic E-state index is 14.1. The Morgan fingerprint density at radius 2 is 1.15 bits per heavy atom. The quantitative estimate of drug-likeness (QED) is 0.0813. The fourth-order valence-corrected chi connectivity index (χ4v) is 5.84. The summed E-state index contributed by atoms with van der Waals surface area (Å²) in [6.45, 7) is 8.87. The van der Waals surface area contributed by atoms with Crippen LogP contribution in [0, 0.1) is 0 Å². The zero-order valence-corrected chi connectivity index (χ0v) is 27.3. The molecule has 0 amide bonds. The van der Waals surface area contributed by atoms with E-state index in [0.29, 0.717) is 23.3 Å². The lowest BCUT2D eigenvalue weighted by Crippen LogP contribution is -2.20. The molecule has 0 radical (unpaired) electrons. The van der Waals surface area contributed by atoms with E-state index in [9.17, 15) is 4.79 Å². The number of rotatable bonds is 13. The first-order valence-electron chi connectivity index (χ1n) is 15.9. The third-order valence-electron chi connectivity index (χ3n) is 8.10. The van der Waals surface area contributed by atoms with Gasteiger partial charge in [-0.05, 0) is 51.8 Å². The maximum absolute atomic E-state index is 14.1. The van der Waals surface area contributed by atoms with Gasteiger partial charge >= 0.3 is 5.97 Å². The molecule has 0 fully saturated rings. The van der Waals surface area contributed by atoms with E-state index in [1.165, 1.54) is 11.1 Å². The van der Waals surface area contributed by atoms with Crippen LogP contribution in [0.4, 0.5) is 5.69 Å². The summed E-state index contributed by atoms with van der Waals surface area (Å²) in [4.78, 5) is 14.1. The second-order valence-corrected chi connectivity index (χ2v) is 12.0. The minimum Gasteiger partial charge on any atom is -0.465 e. The number of methoxy groups -OCH3 is 1. The Bertz CT molecular complexity index is 1680. The summed E-state index contributed by atoms with van der Waals surface area (Å²) < 4.78 is 17.5. The van der Waals surface area contributed by atoms with Gasteiger partial charge in [-0.15, -0.1) is 0 Å². The molecule has 0 saturated heterocycles. The fraction of sp³-hybridized carbons (Fsp3) is 0.244. The largest absolute Gasteiger partial charge is 0.465 e. The van der Waals surface area contributed by atoms with Crippen molar-refractivity contribution in [2.24, 2.45) is 0 Å². The lowest BCUT2D eigenvalue weighted by molar-refractivity contribution is -0.134. The predicted molar refractivity (Wildman–Crippen MR) is 187 cm³/mol. The molecule has 5 nitrogen and oxygen atoms in total. The van der Waals surface area contributed by atoms with Gasteiger partial charge in [0, 0.05) is 18.2 Å². The van der Waals surface area contributed by atoms with E-state index in [4.69, 9.17) is 14.2 Å². The van der Waals surface area contributed by atoms with Crippen LogP contribution in [0.2, 0.25) is 0 Å². The van der Waals surface area contributed by atoms with Crippen LogP contribution in [0.5, 0.6) is 11.5 Å². The SMILES string of the molecule is COCOc1ccccc1NC(CC(=O)Oc1c(-c2ccccc2C(C)C)cccc1-c1ccccc1C(C)C)c1ccccc1. The number of carbonyl (C=O) groups is 1. The maximum Gasteiger partial charge on any atom is 0.313 e. The van der Waals surface area contributed by atoms with Crippen molar-refractivity contribution in [2.45, 2.75) is 52.0 Å². The van der Waals surface area contributed by atoms with Crippen LogP contribution in [-0.2, 0) is 9.53 Å². The predicted octanol–water partition coefficient (Wildman–Crippen LogP) is 10.4. The number of esters is 1. The summed E-state index contributed by atoms with van der Waals surface area (Å²) in [6.07, 6.45) is 0.0913. The van der Waals surface area contributed by atoms with Gasteiger partial charge in [-0.1, -0.05) is 137 Å². The molecule has 5 heteroatoms. The van der Waals surface area contributed by atoms with Crippen LogP contribution < -0.4 is 14.8 Å². The van der Waals surface area contributed by atoms with Crippen LogP contribution >= 0.6 is 0 Å². The summed E-state index contributed by atoms with van der Waals surface area (Å²) in [7, 11) is 1.59. The summed E-state index contributed by atoms with van der Waals surface area (Å²) in [5.74, 6) is 1.46. The minimum atomic E-state index is -0.373. The molecular weight excluding hydrogens is 570 g/mol. The van der Waals surface area contributed by atoms with E-state index in [1.807, 2.05) is 66.7 Å². The lowest BCUT2D eigenvalue weighted by Gasteiger charge is -2.23. The molecule has 1 N–H and O–H groups in total. The van der Waals surface area contributed by atoms with E-state index in [2.05, 4.69) is 87.6 Å². The van der Waals surface area contributed by atoms with Crippen molar-refractivity contribution in [1.29, 1.82) is 0 Å². The molecule has 0 aliphatic heterocycles. The van der Waals surface area contributed by atoms with Gasteiger partial charge in [-0.25, -0.2) is 0 Å². The first-order valence-corrected chi connectivity index (χ1v) is 15.9. The van der Waals surface area contributed by atoms with Crippen LogP contribution in [0.15, 0.2) is 121 Å². The average Bonchev–Trinajstić information content (AvgIpc) is 3.08. The molecule has 0 saturated carbocycles. The summed E-state index contributed by atoms with van der Waals surface area (Å²) in [6, 6.07) is 40.1. The third-order valence-corrected chi connectivity index (χ3v) is 8.10. The van der Waals surface area contributed by atoms with Gasteiger partial charge < -0.3 is 19.5 Å². The molecule has 46 heavy (non-hydrogen) atoms. The molecule has 0 aliphatic rings. The van der Waals surface area contributed by atoms with E-state index in [-0.39, 0.29) is 25.2 Å². The average molecular weight is 614 g/mol. The van der Waals surface area contributed by atoms with Gasteiger partial charge in [0.2, 0.25) is 0 Å². The number of ether oxygens (including phenoxy) is 3. The van der Waals surface area contributed by atoms with E-state index < -0.39 is 0 Å². The zero-order valence-electron chi connectivity index (χ0n) is 27.3. The highest BCUT2D eigenvalue weighted by atomic mass is 16.7. The van der Waals surface area contributed by atoms with Crippen LogP contribution in [0.1, 0.15) is 68.7 Å². The standard InChI is InChI=1S/C41H43NO4/c1-28(2)31-18-9-11-20-33(31)35-22-15-23-36(34-21-12-10-19-32(34)29(3)4)41(35)46-40(43)26-38(30-16-7-6-8-17-30)42-37-24-13-14-25-39(37)45-27-44-5/h6-25,28-29,38,42H,26-27H2,1-5H3. The van der Waals surface area contributed by atoms with Gasteiger partial charge in [-0.2, -0.15) is 0 Å². The second-order valence-electron chi connectivity index (χ2n) is 12.0. The molecule has 0 aliphatic carbocycles. The van der Waals surface area contributed by atoms with Crippen molar-refractivity contribution >= 4 is 11.7 Å². The zero-order chi connectivity index (χ0) is 32.5. The number of anilines is 1. The normalized spacial score (nSPS) is 11.8. The molecule has 0 heterocycles. The third kappa shape index (κ3) is 7.67. The van der Waals surface area contributed by atoms with Crippen molar-refractivity contribution in [2.75, 3.05) is 19.2 Å². The Hall–Kier alpha value is -4.87. The molecule has 1 unspecified atom stereocenters. The minimum absolute atomic E-state index is 0.0913. The first kappa shape index (κ1) is 32.5. The Morgan fingerprint density at radius 3 is 1.74 bits per heavy atom. The van der Waals surface area contributed by atoms with E-state index in [0.717, 1.165) is 33.5 Å². The van der Waals surface area contributed by atoms with Crippen LogP contribution in [-0.4, -0.2) is 19.9 Å². The van der Waals surface area contributed by atoms with Crippen LogP contribution in [0.25, 0.3) is 22.3 Å². The highest BCUT2D eigenvalue weighted by molar-refractivity contribution is 5.88. The van der Waals surface area contributed by atoms with Crippen molar-refractivity contribution in [3.05, 3.63) is 138 Å². The molecular formula is C41H43NO4. The van der Waals surface area contributed by atoms with Gasteiger partial charge in [0.25, 0.3) is 0 Å². The van der Waals surface area contributed by atoms with Crippen molar-refractivity contribution < 1.29 is 19.0 Å². The summed E-state index contributed by atoms with van der Waals surface area (Å²) in [5.41, 5.74) is 8.05. The Labute approximate surface area is 273 Å². The number of para-hydroxylation sites is 3. The molecule has 236 valence electrons. The first-order chi connectivity index (χ1) is 22.4. The van der Waals surface area contributed by atoms with Gasteiger partial charge in [-0.3, -0.25) is 4.79 Å². The highest BCUT2D eigenvalue weighted by Gasteiger charge is 2.24. The van der Waals surface area contributed by atoms with Gasteiger partial charge in [0.15, 0.2) is 6.79 Å². The van der Waals surface area contributed by atoms with Crippen molar-refractivity contribution in [1.82, 2.24) is 0 Å². The van der Waals surface area contributed by atoms with Crippen molar-refractivity contribution in [3.8, 4) is 33.8 Å². The number of hydrogen-bond donors (Lipinski definition) is 1. The topological polar surface area (TPSA) is 56.8 Å². The molecule has 5 rings (SSSR count). The Balaban J connectivity index is 1.57. The summed E-state index contributed by atoms with van der Waals surface area (Å²) >= 11 is 0. The molecule has 1 atom stereocenters. The molecule has 0 aromatic heterocycles.